The summed E-state index contributed by atoms with van der Waals surface area (Å²) in [5.41, 5.74) is 1.87. The number of morpholine rings is 1. The summed E-state index contributed by atoms with van der Waals surface area (Å²) >= 11 is 0. The first-order valence-electron chi connectivity index (χ1n) is 15.6. The number of carbonyl (C=O) groups excluding carboxylic acids is 2. The molecule has 4 heterocycles. The zero-order valence-electron chi connectivity index (χ0n) is 26.8. The molecule has 3 unspecified atom stereocenters. The fraction of sp³-hybridized carbons (Fsp3) is 0.441. The molecule has 1 saturated carbocycles. The van der Waals surface area contributed by atoms with E-state index in [4.69, 9.17) is 9.47 Å². The Morgan fingerprint density at radius 2 is 1.87 bits per heavy atom. The molecule has 1 aromatic carbocycles. The quantitative estimate of drug-likeness (QED) is 0.258. The monoisotopic (exact) mass is 629 g/mol. The Bertz CT molecular complexity index is 1760. The molecule has 1 saturated heterocycles. The third-order valence-electron chi connectivity index (χ3n) is 8.64. The van der Waals surface area contributed by atoms with Gasteiger partial charge in [0.2, 0.25) is 5.91 Å². The molecular weight excluding hydrogens is 589 g/mol. The van der Waals surface area contributed by atoms with E-state index in [0.717, 1.165) is 50.5 Å². The summed E-state index contributed by atoms with van der Waals surface area (Å²) < 4.78 is 28.8. The maximum atomic E-state index is 16.1. The van der Waals surface area contributed by atoms with Crippen LogP contribution in [0.15, 0.2) is 49.2 Å². The summed E-state index contributed by atoms with van der Waals surface area (Å²) in [6.07, 6.45) is 7.78. The molecule has 2 fully saturated rings. The zero-order valence-corrected chi connectivity index (χ0v) is 26.8. The highest BCUT2D eigenvalue weighted by molar-refractivity contribution is 6.05. The second-order valence-corrected chi connectivity index (χ2v) is 13.1. The number of ether oxygens (including phenoxy) is 2. The van der Waals surface area contributed by atoms with Gasteiger partial charge >= 0.3 is 6.09 Å². The van der Waals surface area contributed by atoms with Crippen molar-refractivity contribution in [2.45, 2.75) is 52.7 Å². The molecule has 242 valence electrons. The SMILES string of the molecule is Cc1ccncc1-c1cc2cc(NC(=O)C3C(C)C3c3cnn(CCN4CCOCC4)c3)ncc2c(NC(=O)OC(C)(C)C)c1F. The van der Waals surface area contributed by atoms with Gasteiger partial charge in [-0.2, -0.15) is 5.10 Å². The van der Waals surface area contributed by atoms with E-state index in [1.54, 1.807) is 51.4 Å². The molecule has 3 atom stereocenters. The Morgan fingerprint density at radius 1 is 1.09 bits per heavy atom. The topological polar surface area (TPSA) is 124 Å². The van der Waals surface area contributed by atoms with Crippen molar-refractivity contribution in [3.05, 3.63) is 66.1 Å². The largest absolute Gasteiger partial charge is 0.444 e. The molecule has 2 aliphatic rings. The standard InChI is InChI=1S/C34H40FN7O4/c1-20-6-7-36-17-25(20)24-14-22-15-27(37-18-26(22)31(30(24)35)40-33(44)46-34(3,4)5)39-32(43)29-21(2)28(29)23-16-38-42(19-23)9-8-41-10-12-45-13-11-41/h6-7,14-19,21,28-29H,8-13H2,1-5H3,(H,40,44)(H,37,39,43). The number of carbonyl (C=O) groups is 2. The average Bonchev–Trinajstić information content (AvgIpc) is 3.46. The van der Waals surface area contributed by atoms with Crippen LogP contribution in [0.3, 0.4) is 0 Å². The van der Waals surface area contributed by atoms with Gasteiger partial charge in [0.1, 0.15) is 11.4 Å². The van der Waals surface area contributed by atoms with Gasteiger partial charge in [0.15, 0.2) is 5.82 Å². The van der Waals surface area contributed by atoms with Gasteiger partial charge in [-0.3, -0.25) is 24.7 Å². The maximum Gasteiger partial charge on any atom is 0.412 e. The number of amides is 2. The van der Waals surface area contributed by atoms with E-state index in [2.05, 4.69) is 37.5 Å². The Labute approximate surface area is 267 Å². The Balaban J connectivity index is 1.21. The molecule has 1 aliphatic heterocycles. The van der Waals surface area contributed by atoms with E-state index in [1.807, 2.05) is 24.0 Å². The predicted octanol–water partition coefficient (Wildman–Crippen LogP) is 5.61. The summed E-state index contributed by atoms with van der Waals surface area (Å²) in [5.74, 6) is -0.440. The third kappa shape index (κ3) is 6.87. The minimum Gasteiger partial charge on any atom is -0.444 e. The molecule has 1 aliphatic carbocycles. The van der Waals surface area contributed by atoms with Crippen molar-refractivity contribution >= 4 is 34.3 Å². The Hall–Kier alpha value is -4.42. The zero-order chi connectivity index (χ0) is 32.6. The molecule has 46 heavy (non-hydrogen) atoms. The lowest BCUT2D eigenvalue weighted by Gasteiger charge is -2.26. The second-order valence-electron chi connectivity index (χ2n) is 13.1. The Kier molecular flexibility index (Phi) is 8.75. The molecule has 11 nitrogen and oxygen atoms in total. The number of nitrogens with one attached hydrogen (secondary N) is 2. The van der Waals surface area contributed by atoms with Gasteiger partial charge in [-0.25, -0.2) is 14.2 Å². The number of hydrogen-bond donors (Lipinski definition) is 2. The van der Waals surface area contributed by atoms with Gasteiger partial charge in [0.05, 0.1) is 31.6 Å². The summed E-state index contributed by atoms with van der Waals surface area (Å²) in [4.78, 5) is 37.1. The molecule has 6 rings (SSSR count). The third-order valence-corrected chi connectivity index (χ3v) is 8.64. The number of halogens is 1. The van der Waals surface area contributed by atoms with E-state index in [-0.39, 0.29) is 34.9 Å². The fourth-order valence-corrected chi connectivity index (χ4v) is 6.14. The van der Waals surface area contributed by atoms with Crippen LogP contribution in [0.5, 0.6) is 0 Å². The van der Waals surface area contributed by atoms with Crippen molar-refractivity contribution in [3.63, 3.8) is 0 Å². The van der Waals surface area contributed by atoms with E-state index < -0.39 is 17.5 Å². The molecule has 12 heteroatoms. The van der Waals surface area contributed by atoms with Crippen molar-refractivity contribution in [2.75, 3.05) is 43.5 Å². The molecule has 0 bridgehead atoms. The molecule has 2 N–H and O–H groups in total. The maximum absolute atomic E-state index is 16.1. The molecular formula is C34H40FN7O4. The number of aryl methyl sites for hydroxylation is 1. The lowest BCUT2D eigenvalue weighted by atomic mass is 9.98. The van der Waals surface area contributed by atoms with Crippen LogP contribution in [-0.2, 0) is 20.8 Å². The fourth-order valence-electron chi connectivity index (χ4n) is 6.14. The van der Waals surface area contributed by atoms with Gasteiger partial charge in [0.25, 0.3) is 0 Å². The van der Waals surface area contributed by atoms with Crippen molar-refractivity contribution < 1.29 is 23.5 Å². The predicted molar refractivity (Wildman–Crippen MR) is 173 cm³/mol. The van der Waals surface area contributed by atoms with Crippen molar-refractivity contribution in [2.24, 2.45) is 11.8 Å². The molecule has 4 aromatic rings. The smallest absolute Gasteiger partial charge is 0.412 e. The first-order chi connectivity index (χ1) is 22.0. The van der Waals surface area contributed by atoms with Gasteiger partial charge in [-0.05, 0) is 68.3 Å². The molecule has 0 radical (unpaired) electrons. The van der Waals surface area contributed by atoms with Crippen LogP contribution in [0.25, 0.3) is 21.9 Å². The number of benzene rings is 1. The summed E-state index contributed by atoms with van der Waals surface area (Å²) in [5, 5.41) is 11.0. The number of rotatable bonds is 8. The number of fused-ring (bicyclic) bond motifs is 1. The average molecular weight is 630 g/mol. The van der Waals surface area contributed by atoms with E-state index in [0.29, 0.717) is 22.2 Å². The van der Waals surface area contributed by atoms with Crippen molar-refractivity contribution in [1.82, 2.24) is 24.6 Å². The normalized spacial score (nSPS) is 20.0. The van der Waals surface area contributed by atoms with Crippen LogP contribution in [0.4, 0.5) is 20.7 Å². The van der Waals surface area contributed by atoms with Gasteiger partial charge in [-0.15, -0.1) is 0 Å². The lowest BCUT2D eigenvalue weighted by Crippen LogP contribution is -2.38. The van der Waals surface area contributed by atoms with Crippen LogP contribution < -0.4 is 10.6 Å². The van der Waals surface area contributed by atoms with Crippen LogP contribution in [0, 0.1) is 24.6 Å². The number of aromatic nitrogens is 4. The van der Waals surface area contributed by atoms with E-state index >= 15 is 4.39 Å². The van der Waals surface area contributed by atoms with Crippen molar-refractivity contribution in [3.8, 4) is 11.1 Å². The summed E-state index contributed by atoms with van der Waals surface area (Å²) in [6.45, 7) is 14.2. The first-order valence-corrected chi connectivity index (χ1v) is 15.6. The highest BCUT2D eigenvalue weighted by atomic mass is 19.1. The van der Waals surface area contributed by atoms with Crippen LogP contribution in [0.1, 0.15) is 44.7 Å². The van der Waals surface area contributed by atoms with Crippen LogP contribution >= 0.6 is 0 Å². The highest BCUT2D eigenvalue weighted by Crippen LogP contribution is 2.54. The van der Waals surface area contributed by atoms with Gasteiger partial charge in [0, 0.05) is 72.8 Å². The lowest BCUT2D eigenvalue weighted by molar-refractivity contribution is -0.117. The minimum absolute atomic E-state index is 0.0584. The second kappa shape index (κ2) is 12.8. The Morgan fingerprint density at radius 3 is 2.61 bits per heavy atom. The number of pyridine rings is 2. The van der Waals surface area contributed by atoms with Crippen LogP contribution in [-0.4, -0.2) is 75.1 Å². The van der Waals surface area contributed by atoms with E-state index in [9.17, 15) is 9.59 Å². The molecule has 0 spiro atoms. The number of hydrogen-bond acceptors (Lipinski definition) is 8. The van der Waals surface area contributed by atoms with Gasteiger partial charge < -0.3 is 14.8 Å². The number of anilines is 2. The summed E-state index contributed by atoms with van der Waals surface area (Å²) in [7, 11) is 0. The minimum atomic E-state index is -0.789. The molecule has 2 amide bonds. The van der Waals surface area contributed by atoms with Gasteiger partial charge in [-0.1, -0.05) is 6.92 Å². The summed E-state index contributed by atoms with van der Waals surface area (Å²) in [6, 6.07) is 5.16. The first kappa shape index (κ1) is 31.6. The van der Waals surface area contributed by atoms with Crippen molar-refractivity contribution in [1.29, 1.82) is 0 Å². The van der Waals surface area contributed by atoms with E-state index in [1.165, 1.54) is 6.20 Å². The van der Waals surface area contributed by atoms with Crippen LogP contribution in [0.2, 0.25) is 0 Å². The number of nitrogens with zero attached hydrogens (tertiary/aromatic N) is 5. The highest BCUT2D eigenvalue weighted by Gasteiger charge is 2.53. The molecule has 3 aromatic heterocycles.